The van der Waals surface area contributed by atoms with Gasteiger partial charge in [-0.25, -0.2) is 4.98 Å². The van der Waals surface area contributed by atoms with Gasteiger partial charge in [-0.1, -0.05) is 0 Å². The minimum atomic E-state index is -1.11. The summed E-state index contributed by atoms with van der Waals surface area (Å²) in [5.41, 5.74) is 2.20. The van der Waals surface area contributed by atoms with Crippen molar-refractivity contribution in [1.82, 2.24) is 19.8 Å². The van der Waals surface area contributed by atoms with E-state index in [4.69, 9.17) is 5.11 Å². The Hall–Kier alpha value is -2.78. The molecule has 1 unspecified atom stereocenters. The SMILES string of the molecule is Cc1cc2nc(C(=O)NCCN(C)C)c(=O)n(CCC(O)CC(=O)O)c2cc1C. The second-order valence-corrected chi connectivity index (χ2v) is 7.44. The number of hydrogen-bond donors (Lipinski definition) is 3. The largest absolute Gasteiger partial charge is 0.481 e. The summed E-state index contributed by atoms with van der Waals surface area (Å²) in [5, 5.41) is 21.4. The van der Waals surface area contributed by atoms with Crippen LogP contribution in [0.15, 0.2) is 16.9 Å². The molecule has 0 aliphatic rings. The molecule has 1 aromatic carbocycles. The highest BCUT2D eigenvalue weighted by molar-refractivity contribution is 5.94. The third kappa shape index (κ3) is 5.85. The predicted molar refractivity (Wildman–Crippen MR) is 109 cm³/mol. The monoisotopic (exact) mass is 404 g/mol. The van der Waals surface area contributed by atoms with Crippen LogP contribution in [0.2, 0.25) is 0 Å². The van der Waals surface area contributed by atoms with Crippen LogP contribution in [0.1, 0.15) is 34.5 Å². The van der Waals surface area contributed by atoms with Crippen LogP contribution in [0.5, 0.6) is 0 Å². The number of carbonyl (C=O) groups excluding carboxylic acids is 1. The summed E-state index contributed by atoms with van der Waals surface area (Å²) < 4.78 is 1.39. The highest BCUT2D eigenvalue weighted by Gasteiger charge is 2.19. The van der Waals surface area contributed by atoms with Gasteiger partial charge in [0.2, 0.25) is 0 Å². The van der Waals surface area contributed by atoms with E-state index in [0.717, 1.165) is 11.1 Å². The number of aliphatic hydroxyl groups excluding tert-OH is 1. The zero-order valence-corrected chi connectivity index (χ0v) is 17.2. The fraction of sp³-hybridized carbons (Fsp3) is 0.500. The van der Waals surface area contributed by atoms with Gasteiger partial charge in [-0.05, 0) is 57.6 Å². The number of nitrogens with one attached hydrogen (secondary N) is 1. The van der Waals surface area contributed by atoms with E-state index in [1.54, 1.807) is 0 Å². The van der Waals surface area contributed by atoms with Gasteiger partial charge in [-0.3, -0.25) is 14.4 Å². The van der Waals surface area contributed by atoms with Crippen molar-refractivity contribution in [3.63, 3.8) is 0 Å². The maximum Gasteiger partial charge on any atom is 0.305 e. The van der Waals surface area contributed by atoms with Crippen LogP contribution < -0.4 is 10.9 Å². The first kappa shape index (κ1) is 22.5. The van der Waals surface area contributed by atoms with Crippen molar-refractivity contribution < 1.29 is 19.8 Å². The van der Waals surface area contributed by atoms with Crippen molar-refractivity contribution in [2.75, 3.05) is 27.2 Å². The molecule has 158 valence electrons. The molecule has 2 aromatic rings. The molecule has 0 saturated carbocycles. The number of amides is 1. The topological polar surface area (TPSA) is 125 Å². The minimum Gasteiger partial charge on any atom is -0.481 e. The smallest absolute Gasteiger partial charge is 0.305 e. The normalized spacial score (nSPS) is 12.3. The number of hydrogen-bond acceptors (Lipinski definition) is 6. The molecule has 0 radical (unpaired) electrons. The van der Waals surface area contributed by atoms with Crippen LogP contribution in [0.3, 0.4) is 0 Å². The van der Waals surface area contributed by atoms with Gasteiger partial charge in [-0.2, -0.15) is 0 Å². The van der Waals surface area contributed by atoms with E-state index in [1.165, 1.54) is 4.57 Å². The zero-order chi connectivity index (χ0) is 21.7. The third-order valence-corrected chi connectivity index (χ3v) is 4.72. The van der Waals surface area contributed by atoms with Gasteiger partial charge in [0.25, 0.3) is 11.5 Å². The Morgan fingerprint density at radius 1 is 1.24 bits per heavy atom. The van der Waals surface area contributed by atoms with Gasteiger partial charge in [0.15, 0.2) is 5.69 Å². The number of aliphatic carboxylic acids is 1. The molecule has 2 rings (SSSR count). The lowest BCUT2D eigenvalue weighted by atomic mass is 10.1. The van der Waals surface area contributed by atoms with Gasteiger partial charge >= 0.3 is 5.97 Å². The molecule has 1 aromatic heterocycles. The van der Waals surface area contributed by atoms with E-state index in [0.29, 0.717) is 24.1 Å². The fourth-order valence-electron chi connectivity index (χ4n) is 2.93. The lowest BCUT2D eigenvalue weighted by molar-refractivity contribution is -0.139. The summed E-state index contributed by atoms with van der Waals surface area (Å²) in [6.45, 7) is 4.89. The van der Waals surface area contributed by atoms with E-state index < -0.39 is 30.0 Å². The Morgan fingerprint density at radius 3 is 2.52 bits per heavy atom. The number of carboxylic acid groups (broad SMARTS) is 1. The molecular formula is C20H28N4O5. The van der Waals surface area contributed by atoms with E-state index in [1.807, 2.05) is 45.0 Å². The van der Waals surface area contributed by atoms with Crippen LogP contribution in [-0.4, -0.2) is 69.8 Å². The Kier molecular flexibility index (Phi) is 7.46. The number of carbonyl (C=O) groups is 2. The standard InChI is InChI=1S/C20H28N4O5/c1-12-9-15-16(10-13(12)2)24(7-5-14(25)11-17(26)27)20(29)18(22-15)19(28)21-6-8-23(3)4/h9-10,14,25H,5-8,11H2,1-4H3,(H,21,28)(H,26,27). The Labute approximate surface area is 169 Å². The van der Waals surface area contributed by atoms with Gasteiger partial charge in [0.05, 0.1) is 23.6 Å². The molecule has 0 aliphatic heterocycles. The molecule has 3 N–H and O–H groups in total. The number of aryl methyl sites for hydroxylation is 3. The van der Waals surface area contributed by atoms with Crippen LogP contribution in [0, 0.1) is 13.8 Å². The second-order valence-electron chi connectivity index (χ2n) is 7.44. The van der Waals surface area contributed by atoms with E-state index in [9.17, 15) is 19.5 Å². The molecule has 1 amide bonds. The van der Waals surface area contributed by atoms with Crippen molar-refractivity contribution in [2.45, 2.75) is 39.3 Å². The number of rotatable bonds is 9. The second kappa shape index (κ2) is 9.62. The number of carboxylic acids is 1. The third-order valence-electron chi connectivity index (χ3n) is 4.72. The van der Waals surface area contributed by atoms with Gasteiger partial charge in [-0.15, -0.1) is 0 Å². The molecule has 0 fully saturated rings. The average molecular weight is 404 g/mol. The maximum absolute atomic E-state index is 13.0. The quantitative estimate of drug-likeness (QED) is 0.557. The summed E-state index contributed by atoms with van der Waals surface area (Å²) in [4.78, 5) is 42.5. The van der Waals surface area contributed by atoms with Crippen molar-refractivity contribution in [2.24, 2.45) is 0 Å². The van der Waals surface area contributed by atoms with Gasteiger partial charge in [0, 0.05) is 19.6 Å². The average Bonchev–Trinajstić information content (AvgIpc) is 2.61. The molecule has 0 bridgehead atoms. The molecule has 29 heavy (non-hydrogen) atoms. The van der Waals surface area contributed by atoms with Crippen LogP contribution in [0.4, 0.5) is 0 Å². The summed E-state index contributed by atoms with van der Waals surface area (Å²) in [6, 6.07) is 3.63. The fourth-order valence-corrected chi connectivity index (χ4v) is 2.93. The molecule has 0 spiro atoms. The maximum atomic E-state index is 13.0. The Balaban J connectivity index is 2.44. The first-order valence-electron chi connectivity index (χ1n) is 9.44. The number of likely N-dealkylation sites (N-methyl/N-ethyl adjacent to an activating group) is 1. The van der Waals surface area contributed by atoms with Crippen molar-refractivity contribution >= 4 is 22.9 Å². The number of benzene rings is 1. The number of fused-ring (bicyclic) bond motifs is 1. The van der Waals surface area contributed by atoms with Crippen LogP contribution >= 0.6 is 0 Å². The molecule has 1 atom stereocenters. The summed E-state index contributed by atoms with van der Waals surface area (Å²) in [5.74, 6) is -1.67. The van der Waals surface area contributed by atoms with Gasteiger partial charge in [0.1, 0.15) is 0 Å². The Morgan fingerprint density at radius 2 is 1.90 bits per heavy atom. The lowest BCUT2D eigenvalue weighted by Gasteiger charge is -2.16. The molecular weight excluding hydrogens is 376 g/mol. The van der Waals surface area contributed by atoms with Crippen LogP contribution in [0.25, 0.3) is 11.0 Å². The molecule has 0 saturated heterocycles. The highest BCUT2D eigenvalue weighted by atomic mass is 16.4. The van der Waals surface area contributed by atoms with Crippen LogP contribution in [-0.2, 0) is 11.3 Å². The van der Waals surface area contributed by atoms with E-state index >= 15 is 0 Å². The number of nitrogens with zero attached hydrogens (tertiary/aromatic N) is 3. The molecule has 9 nitrogen and oxygen atoms in total. The lowest BCUT2D eigenvalue weighted by Crippen LogP contribution is -2.37. The zero-order valence-electron chi connectivity index (χ0n) is 17.2. The van der Waals surface area contributed by atoms with E-state index in [-0.39, 0.29) is 18.7 Å². The minimum absolute atomic E-state index is 0.0694. The van der Waals surface area contributed by atoms with Gasteiger partial charge < -0.3 is 25.0 Å². The van der Waals surface area contributed by atoms with E-state index in [2.05, 4.69) is 10.3 Å². The molecule has 1 heterocycles. The molecule has 9 heteroatoms. The van der Waals surface area contributed by atoms with Crippen molar-refractivity contribution in [1.29, 1.82) is 0 Å². The Bertz CT molecular complexity index is 967. The van der Waals surface area contributed by atoms with Crippen molar-refractivity contribution in [3.05, 3.63) is 39.3 Å². The highest BCUT2D eigenvalue weighted by Crippen LogP contribution is 2.18. The summed E-state index contributed by atoms with van der Waals surface area (Å²) in [7, 11) is 3.75. The summed E-state index contributed by atoms with van der Waals surface area (Å²) >= 11 is 0. The predicted octanol–water partition coefficient (Wildman–Crippen LogP) is 0.530. The first-order valence-corrected chi connectivity index (χ1v) is 9.44. The summed E-state index contributed by atoms with van der Waals surface area (Å²) in [6.07, 6.45) is -1.43. The number of aliphatic hydroxyl groups is 1. The number of aromatic nitrogens is 2. The molecule has 0 aliphatic carbocycles. The first-order chi connectivity index (χ1) is 13.6. The van der Waals surface area contributed by atoms with Crippen molar-refractivity contribution in [3.8, 4) is 0 Å².